The monoisotopic (exact) mass is 498 g/mol. The van der Waals surface area contributed by atoms with Crippen molar-refractivity contribution in [3.63, 3.8) is 0 Å². The quantitative estimate of drug-likeness (QED) is 0.104. The maximum absolute atomic E-state index is 2.42. The Morgan fingerprint density at radius 3 is 1.15 bits per heavy atom. The Hall–Kier alpha value is -0.0600. The first-order valence-electron chi connectivity index (χ1n) is 14.8. The van der Waals surface area contributed by atoms with Crippen molar-refractivity contribution < 1.29 is 0 Å². The van der Waals surface area contributed by atoms with E-state index in [-0.39, 0.29) is 12.4 Å². The minimum absolute atomic E-state index is 0. The standard InChI is InChI=1S/C31H59P.ClH/c1-4-7-10-13-16-22-27-32(28-23-17-14-11-8-5-2,29-24-18-15-12-9-6-3)30-31-25-20-19-21-26-31;/h19-21,25-26,32H,4-18,22-24,27-30H2,1-3H3;1H. The van der Waals surface area contributed by atoms with Crippen molar-refractivity contribution in [1.29, 1.82) is 0 Å². The van der Waals surface area contributed by atoms with E-state index in [1.54, 1.807) is 24.0 Å². The zero-order valence-corrected chi connectivity index (χ0v) is 24.7. The minimum Gasteiger partial charge on any atom is -0.147 e. The summed E-state index contributed by atoms with van der Waals surface area (Å²) in [6.45, 7) is 7.00. The van der Waals surface area contributed by atoms with Crippen molar-refractivity contribution in [2.45, 2.75) is 143 Å². The van der Waals surface area contributed by atoms with Crippen LogP contribution in [-0.2, 0) is 6.16 Å². The second-order valence-corrected chi connectivity index (χ2v) is 15.6. The predicted molar refractivity (Wildman–Crippen MR) is 160 cm³/mol. The zero-order valence-electron chi connectivity index (χ0n) is 22.9. The molecule has 0 nitrogen and oxygen atoms in total. The van der Waals surface area contributed by atoms with Gasteiger partial charge in [0.15, 0.2) is 0 Å². The van der Waals surface area contributed by atoms with E-state index in [1.165, 1.54) is 122 Å². The molecule has 0 unspecified atom stereocenters. The molecule has 0 aliphatic rings. The van der Waals surface area contributed by atoms with E-state index in [2.05, 4.69) is 51.1 Å². The Bertz CT molecular complexity index is 460. The Morgan fingerprint density at radius 2 is 0.788 bits per heavy atom. The van der Waals surface area contributed by atoms with E-state index in [0.29, 0.717) is 0 Å². The first kappa shape index (κ1) is 32.9. The molecule has 0 spiro atoms. The second kappa shape index (κ2) is 23.7. The normalized spacial score (nSPS) is 12.0. The fraction of sp³-hybridized carbons (Fsp3) is 0.806. The predicted octanol–water partition coefficient (Wildman–Crippen LogP) is 11.4. The zero-order chi connectivity index (χ0) is 23.2. The van der Waals surface area contributed by atoms with Crippen molar-refractivity contribution in [2.75, 3.05) is 18.5 Å². The summed E-state index contributed by atoms with van der Waals surface area (Å²) in [5.41, 5.74) is 1.64. The molecule has 33 heavy (non-hydrogen) atoms. The van der Waals surface area contributed by atoms with Gasteiger partial charge in [-0.2, -0.15) is 0 Å². The van der Waals surface area contributed by atoms with Gasteiger partial charge in [-0.05, 0) is 0 Å². The topological polar surface area (TPSA) is 0 Å². The molecule has 0 saturated heterocycles. The van der Waals surface area contributed by atoms with Crippen LogP contribution in [0.4, 0.5) is 0 Å². The minimum atomic E-state index is -1.24. The second-order valence-electron chi connectivity index (χ2n) is 10.7. The molecule has 0 atom stereocenters. The average molecular weight is 499 g/mol. The number of hydrogen-bond acceptors (Lipinski definition) is 0. The van der Waals surface area contributed by atoms with Crippen LogP contribution in [0.25, 0.3) is 0 Å². The molecule has 1 aromatic carbocycles. The van der Waals surface area contributed by atoms with Crippen LogP contribution in [0.5, 0.6) is 0 Å². The van der Waals surface area contributed by atoms with Gasteiger partial charge in [0.25, 0.3) is 0 Å². The van der Waals surface area contributed by atoms with E-state index >= 15 is 0 Å². The number of benzene rings is 1. The van der Waals surface area contributed by atoms with Crippen LogP contribution in [0.3, 0.4) is 0 Å². The van der Waals surface area contributed by atoms with E-state index in [9.17, 15) is 0 Å². The van der Waals surface area contributed by atoms with Gasteiger partial charge < -0.3 is 0 Å². The van der Waals surface area contributed by atoms with Crippen LogP contribution in [0.2, 0.25) is 0 Å². The molecule has 1 aromatic rings. The molecule has 0 radical (unpaired) electrons. The summed E-state index contributed by atoms with van der Waals surface area (Å²) in [4.78, 5) is 0. The van der Waals surface area contributed by atoms with Gasteiger partial charge in [0, 0.05) is 0 Å². The summed E-state index contributed by atoms with van der Waals surface area (Å²) < 4.78 is 0. The van der Waals surface area contributed by atoms with Gasteiger partial charge >= 0.3 is 204 Å². The SMILES string of the molecule is CCCCCCCC[PH](CCCCCCCC)(CCCCCCCC)Cc1ccccc1.Cl. The van der Waals surface area contributed by atoms with Gasteiger partial charge in [0.05, 0.1) is 0 Å². The number of rotatable bonds is 23. The van der Waals surface area contributed by atoms with Crippen molar-refractivity contribution in [3.05, 3.63) is 35.9 Å². The van der Waals surface area contributed by atoms with Gasteiger partial charge in [-0.3, -0.25) is 0 Å². The molecule has 0 aliphatic carbocycles. The largest absolute Gasteiger partial charge is 0.147 e. The number of unbranched alkanes of at least 4 members (excludes halogenated alkanes) is 15. The number of halogens is 1. The van der Waals surface area contributed by atoms with Crippen molar-refractivity contribution >= 4 is 19.7 Å². The van der Waals surface area contributed by atoms with Gasteiger partial charge in [0.1, 0.15) is 0 Å². The van der Waals surface area contributed by atoms with Gasteiger partial charge in [-0.15, -0.1) is 12.4 Å². The van der Waals surface area contributed by atoms with E-state index < -0.39 is 7.26 Å². The van der Waals surface area contributed by atoms with Crippen molar-refractivity contribution in [2.24, 2.45) is 0 Å². The molecule has 0 aliphatic heterocycles. The van der Waals surface area contributed by atoms with Gasteiger partial charge in [0.2, 0.25) is 0 Å². The maximum Gasteiger partial charge on any atom is -0.147 e. The summed E-state index contributed by atoms with van der Waals surface area (Å²) in [6, 6.07) is 11.6. The summed E-state index contributed by atoms with van der Waals surface area (Å²) in [5, 5.41) is 0. The van der Waals surface area contributed by atoms with Crippen molar-refractivity contribution in [1.82, 2.24) is 0 Å². The smallest absolute Gasteiger partial charge is 0.147 e. The molecule has 0 saturated carbocycles. The Kier molecular flexibility index (Phi) is 23.6. The van der Waals surface area contributed by atoms with E-state index in [0.717, 1.165) is 0 Å². The molecule has 0 N–H and O–H groups in total. The van der Waals surface area contributed by atoms with Crippen molar-refractivity contribution in [3.8, 4) is 0 Å². The summed E-state index contributed by atoms with van der Waals surface area (Å²) >= 11 is 0. The third-order valence-corrected chi connectivity index (χ3v) is 13.0. The van der Waals surface area contributed by atoms with Crippen LogP contribution >= 0.6 is 19.7 Å². The first-order valence-corrected chi connectivity index (χ1v) is 17.6. The summed E-state index contributed by atoms with van der Waals surface area (Å²) in [6.07, 6.45) is 32.4. The third kappa shape index (κ3) is 17.9. The molecule has 0 amide bonds. The molecule has 0 bridgehead atoms. The van der Waals surface area contributed by atoms with Gasteiger partial charge in [-0.1, -0.05) is 0 Å². The molecule has 2 heteroatoms. The maximum atomic E-state index is 2.42. The third-order valence-electron chi connectivity index (χ3n) is 7.60. The summed E-state index contributed by atoms with van der Waals surface area (Å²) in [7, 11) is -1.24. The van der Waals surface area contributed by atoms with Crippen LogP contribution in [-0.4, -0.2) is 18.5 Å². The molecule has 196 valence electrons. The van der Waals surface area contributed by atoms with Crippen LogP contribution in [0.1, 0.15) is 142 Å². The van der Waals surface area contributed by atoms with E-state index in [4.69, 9.17) is 0 Å². The van der Waals surface area contributed by atoms with Gasteiger partial charge in [-0.25, -0.2) is 0 Å². The molecule has 0 aromatic heterocycles. The number of hydrogen-bond donors (Lipinski definition) is 0. The summed E-state index contributed by atoms with van der Waals surface area (Å²) in [5.74, 6) is 0. The van der Waals surface area contributed by atoms with Crippen LogP contribution in [0.15, 0.2) is 30.3 Å². The molecule has 0 fully saturated rings. The first-order chi connectivity index (χ1) is 15.8. The molecular weight excluding hydrogens is 439 g/mol. The molecule has 0 heterocycles. The Labute approximate surface area is 216 Å². The molecule has 1 rings (SSSR count). The fourth-order valence-electron chi connectivity index (χ4n) is 5.51. The van der Waals surface area contributed by atoms with E-state index in [1.807, 2.05) is 0 Å². The average Bonchev–Trinajstić information content (AvgIpc) is 2.81. The Balaban J connectivity index is 0.0000102. The van der Waals surface area contributed by atoms with Crippen LogP contribution < -0.4 is 0 Å². The Morgan fingerprint density at radius 1 is 0.455 bits per heavy atom. The van der Waals surface area contributed by atoms with Crippen LogP contribution in [0, 0.1) is 0 Å². The fourth-order valence-corrected chi connectivity index (χ4v) is 10.9. The molecular formula is C31H60ClP.